The van der Waals surface area contributed by atoms with Crippen LogP contribution < -0.4 is 14.8 Å². The van der Waals surface area contributed by atoms with E-state index in [0.717, 1.165) is 24.2 Å². The molecule has 1 amide bonds. The van der Waals surface area contributed by atoms with Crippen LogP contribution in [0.3, 0.4) is 0 Å². The van der Waals surface area contributed by atoms with Crippen LogP contribution in [0.2, 0.25) is 0 Å². The second-order valence-electron chi connectivity index (χ2n) is 7.40. The monoisotopic (exact) mass is 367 g/mol. The zero-order valence-electron chi connectivity index (χ0n) is 15.6. The summed E-state index contributed by atoms with van der Waals surface area (Å²) in [6.07, 6.45) is 5.05. The van der Waals surface area contributed by atoms with Crippen LogP contribution in [0.5, 0.6) is 17.2 Å². The molecule has 2 aromatic rings. The number of carbonyl (C=O) groups is 1. The van der Waals surface area contributed by atoms with Gasteiger partial charge >= 0.3 is 6.09 Å². The first-order valence-electron chi connectivity index (χ1n) is 9.63. The van der Waals surface area contributed by atoms with E-state index in [1.54, 1.807) is 0 Å². The Kier molecular flexibility index (Phi) is 4.92. The molecule has 1 saturated heterocycles. The molecule has 5 heteroatoms. The molecule has 0 radical (unpaired) electrons. The molecule has 2 aromatic carbocycles. The molecule has 1 N–H and O–H groups in total. The third-order valence-corrected chi connectivity index (χ3v) is 5.31. The average molecular weight is 367 g/mol. The molecule has 0 bridgehead atoms. The zero-order chi connectivity index (χ0) is 18.7. The topological polar surface area (TPSA) is 56.8 Å². The average Bonchev–Trinajstić information content (AvgIpc) is 3.17. The van der Waals surface area contributed by atoms with Gasteiger partial charge < -0.3 is 19.5 Å². The molecule has 27 heavy (non-hydrogen) atoms. The molecule has 1 saturated carbocycles. The van der Waals surface area contributed by atoms with Crippen molar-refractivity contribution in [2.45, 2.75) is 50.7 Å². The van der Waals surface area contributed by atoms with Crippen LogP contribution in [0.15, 0.2) is 48.5 Å². The van der Waals surface area contributed by atoms with Crippen molar-refractivity contribution in [3.8, 4) is 17.2 Å². The molecule has 4 rings (SSSR count). The van der Waals surface area contributed by atoms with Crippen molar-refractivity contribution < 1.29 is 19.0 Å². The number of hydrogen-bond donors (Lipinski definition) is 1. The number of para-hydroxylation sites is 1. The van der Waals surface area contributed by atoms with E-state index in [9.17, 15) is 4.79 Å². The number of benzene rings is 2. The summed E-state index contributed by atoms with van der Waals surface area (Å²) in [7, 11) is 0. The van der Waals surface area contributed by atoms with E-state index >= 15 is 0 Å². The first-order valence-corrected chi connectivity index (χ1v) is 9.63. The molecule has 1 unspecified atom stereocenters. The van der Waals surface area contributed by atoms with Crippen LogP contribution in [-0.4, -0.2) is 18.7 Å². The molecule has 0 spiro atoms. The van der Waals surface area contributed by atoms with Crippen molar-refractivity contribution in [3.63, 3.8) is 0 Å². The van der Waals surface area contributed by atoms with Gasteiger partial charge in [0.05, 0.1) is 6.10 Å². The van der Waals surface area contributed by atoms with Crippen molar-refractivity contribution >= 4 is 6.09 Å². The lowest BCUT2D eigenvalue weighted by Crippen LogP contribution is -2.43. The number of carbonyl (C=O) groups excluding carboxylic acids is 1. The lowest BCUT2D eigenvalue weighted by molar-refractivity contribution is -0.00300. The number of hydrogen-bond acceptors (Lipinski definition) is 4. The maximum Gasteiger partial charge on any atom is 0.408 e. The Hall–Kier alpha value is -2.69. The van der Waals surface area contributed by atoms with Gasteiger partial charge in [-0.15, -0.1) is 0 Å². The maximum absolute atomic E-state index is 11.7. The van der Waals surface area contributed by atoms with E-state index in [2.05, 4.69) is 5.32 Å². The van der Waals surface area contributed by atoms with E-state index < -0.39 is 5.60 Å². The van der Waals surface area contributed by atoms with Crippen LogP contribution >= 0.6 is 0 Å². The summed E-state index contributed by atoms with van der Waals surface area (Å²) in [6.45, 7) is 2.54. The number of rotatable bonds is 5. The first kappa shape index (κ1) is 17.7. The molecule has 1 atom stereocenters. The molecule has 142 valence electrons. The molecule has 2 aliphatic rings. The summed E-state index contributed by atoms with van der Waals surface area (Å²) in [5.74, 6) is 2.15. The van der Waals surface area contributed by atoms with Gasteiger partial charge in [-0.25, -0.2) is 4.79 Å². The van der Waals surface area contributed by atoms with Crippen LogP contribution in [0.1, 0.15) is 44.6 Å². The minimum Gasteiger partial charge on any atom is -0.487 e. The highest BCUT2D eigenvalue weighted by molar-refractivity contribution is 5.69. The summed E-state index contributed by atoms with van der Waals surface area (Å²) in [5, 5.41) is 2.71. The van der Waals surface area contributed by atoms with Crippen LogP contribution in [0, 0.1) is 0 Å². The van der Waals surface area contributed by atoms with Gasteiger partial charge in [-0.1, -0.05) is 24.3 Å². The van der Waals surface area contributed by atoms with Crippen LogP contribution in [-0.2, 0) is 10.3 Å². The number of cyclic esters (lactones) is 1. The third kappa shape index (κ3) is 4.02. The molecule has 0 aromatic heterocycles. The van der Waals surface area contributed by atoms with Gasteiger partial charge in [0.25, 0.3) is 0 Å². The molecule has 2 fully saturated rings. The fourth-order valence-electron chi connectivity index (χ4n) is 3.71. The SMILES string of the molecule is CC1(c2ccc(Oc3ccccc3)c(OC3CCCC3)c2)CCNC(=O)O1. The van der Waals surface area contributed by atoms with Crippen molar-refractivity contribution in [1.82, 2.24) is 5.32 Å². The van der Waals surface area contributed by atoms with E-state index in [4.69, 9.17) is 14.2 Å². The highest BCUT2D eigenvalue weighted by Gasteiger charge is 2.35. The zero-order valence-corrected chi connectivity index (χ0v) is 15.6. The quantitative estimate of drug-likeness (QED) is 0.794. The van der Waals surface area contributed by atoms with Gasteiger partial charge in [-0.2, -0.15) is 0 Å². The van der Waals surface area contributed by atoms with Crippen LogP contribution in [0.25, 0.3) is 0 Å². The van der Waals surface area contributed by atoms with Gasteiger partial charge in [0.15, 0.2) is 11.5 Å². The summed E-state index contributed by atoms with van der Waals surface area (Å²) < 4.78 is 18.0. The summed E-state index contributed by atoms with van der Waals surface area (Å²) >= 11 is 0. The number of amides is 1. The lowest BCUT2D eigenvalue weighted by Gasteiger charge is -2.34. The summed E-state index contributed by atoms with van der Waals surface area (Å²) in [4.78, 5) is 11.7. The minimum atomic E-state index is -0.665. The van der Waals surface area contributed by atoms with E-state index in [1.165, 1.54) is 12.8 Å². The molecular formula is C22H25NO4. The van der Waals surface area contributed by atoms with Crippen molar-refractivity contribution in [1.29, 1.82) is 0 Å². The van der Waals surface area contributed by atoms with Gasteiger partial charge in [0.1, 0.15) is 11.4 Å². The molecule has 1 heterocycles. The summed E-state index contributed by atoms with van der Waals surface area (Å²) in [6, 6.07) is 15.5. The molecule has 5 nitrogen and oxygen atoms in total. The molecular weight excluding hydrogens is 342 g/mol. The predicted octanol–water partition coefficient (Wildman–Crippen LogP) is 5.15. The maximum atomic E-state index is 11.7. The van der Waals surface area contributed by atoms with E-state index in [0.29, 0.717) is 24.5 Å². The fraction of sp³-hybridized carbons (Fsp3) is 0.409. The standard InChI is InChI=1S/C22H25NO4/c1-22(13-14-23-21(24)27-22)16-11-12-19(25-17-7-3-2-4-8-17)20(15-16)26-18-9-5-6-10-18/h2-4,7-8,11-12,15,18H,5-6,9-10,13-14H2,1H3,(H,23,24). The number of ether oxygens (including phenoxy) is 3. The Labute approximate surface area is 159 Å². The Morgan fingerprint density at radius 1 is 1.07 bits per heavy atom. The van der Waals surface area contributed by atoms with Crippen molar-refractivity contribution in [2.24, 2.45) is 0 Å². The second-order valence-corrected chi connectivity index (χ2v) is 7.40. The first-order chi connectivity index (χ1) is 13.1. The van der Waals surface area contributed by atoms with Crippen molar-refractivity contribution in [2.75, 3.05) is 6.54 Å². The second kappa shape index (κ2) is 7.51. The highest BCUT2D eigenvalue weighted by Crippen LogP contribution is 2.40. The lowest BCUT2D eigenvalue weighted by atomic mass is 9.91. The van der Waals surface area contributed by atoms with Gasteiger partial charge in [0, 0.05) is 13.0 Å². The highest BCUT2D eigenvalue weighted by atomic mass is 16.6. The molecule has 1 aliphatic carbocycles. The van der Waals surface area contributed by atoms with Crippen LogP contribution in [0.4, 0.5) is 4.79 Å². The van der Waals surface area contributed by atoms with Gasteiger partial charge in [0.2, 0.25) is 0 Å². The molecule has 1 aliphatic heterocycles. The Morgan fingerprint density at radius 2 is 1.85 bits per heavy atom. The smallest absolute Gasteiger partial charge is 0.408 e. The minimum absolute atomic E-state index is 0.210. The number of alkyl carbamates (subject to hydrolysis) is 1. The Balaban J connectivity index is 1.65. The Morgan fingerprint density at radius 3 is 2.59 bits per heavy atom. The van der Waals surface area contributed by atoms with E-state index in [1.807, 2.05) is 55.5 Å². The number of nitrogens with one attached hydrogen (secondary N) is 1. The Bertz CT molecular complexity index is 801. The predicted molar refractivity (Wildman–Crippen MR) is 102 cm³/mol. The van der Waals surface area contributed by atoms with Gasteiger partial charge in [-0.05, 0) is 62.4 Å². The third-order valence-electron chi connectivity index (χ3n) is 5.31. The fourth-order valence-corrected chi connectivity index (χ4v) is 3.71. The normalized spacial score (nSPS) is 22.8. The largest absolute Gasteiger partial charge is 0.487 e. The summed E-state index contributed by atoms with van der Waals surface area (Å²) in [5.41, 5.74) is 0.257. The van der Waals surface area contributed by atoms with Crippen molar-refractivity contribution in [3.05, 3.63) is 54.1 Å². The van der Waals surface area contributed by atoms with Gasteiger partial charge in [-0.3, -0.25) is 0 Å². The van der Waals surface area contributed by atoms with E-state index in [-0.39, 0.29) is 12.2 Å².